The van der Waals surface area contributed by atoms with Crippen LogP contribution in [0.25, 0.3) is 0 Å². The van der Waals surface area contributed by atoms with Crippen molar-refractivity contribution in [2.75, 3.05) is 6.26 Å². The quantitative estimate of drug-likeness (QED) is 0.871. The molecule has 0 aliphatic carbocycles. The zero-order valence-corrected chi connectivity index (χ0v) is 12.0. The lowest BCUT2D eigenvalue weighted by atomic mass is 10.1. The Balaban J connectivity index is 2.03. The molecule has 1 heterocycles. The second-order valence-corrected chi connectivity index (χ2v) is 5.17. The van der Waals surface area contributed by atoms with Gasteiger partial charge in [0.05, 0.1) is 6.04 Å². The Morgan fingerprint density at radius 1 is 1.37 bits per heavy atom. The molecule has 0 radical (unpaired) electrons. The average molecular weight is 276 g/mol. The van der Waals surface area contributed by atoms with Gasteiger partial charge in [0.2, 0.25) is 0 Å². The second-order valence-electron chi connectivity index (χ2n) is 4.29. The van der Waals surface area contributed by atoms with Crippen molar-refractivity contribution in [2.24, 2.45) is 0 Å². The van der Waals surface area contributed by atoms with Gasteiger partial charge in [-0.2, -0.15) is 0 Å². The van der Waals surface area contributed by atoms with Crippen LogP contribution in [-0.2, 0) is 0 Å². The molecule has 0 saturated carbocycles. The van der Waals surface area contributed by atoms with E-state index in [4.69, 9.17) is 4.52 Å². The molecule has 100 valence electrons. The summed E-state index contributed by atoms with van der Waals surface area (Å²) >= 11 is 1.69. The third-order valence-electron chi connectivity index (χ3n) is 2.82. The summed E-state index contributed by atoms with van der Waals surface area (Å²) in [6.07, 6.45) is 2.03. The van der Waals surface area contributed by atoms with Gasteiger partial charge in [0.15, 0.2) is 5.69 Å². The molecule has 0 unspecified atom stereocenters. The predicted molar refractivity (Wildman–Crippen MR) is 75.3 cm³/mol. The fraction of sp³-hybridized carbons (Fsp3) is 0.286. The van der Waals surface area contributed by atoms with Gasteiger partial charge in [0.25, 0.3) is 5.91 Å². The standard InChI is InChI=1S/C14H16N2O2S/c1-9-8-13(16-18-9)14(17)15-10(2)11-4-6-12(19-3)7-5-11/h4-8,10H,1-3H3,(H,15,17)/t10-/m0/s1. The predicted octanol–water partition coefficient (Wildman–Crippen LogP) is 3.20. The second kappa shape index (κ2) is 5.93. The minimum Gasteiger partial charge on any atom is -0.361 e. The number of carbonyl (C=O) groups is 1. The van der Waals surface area contributed by atoms with Gasteiger partial charge in [-0.1, -0.05) is 17.3 Å². The van der Waals surface area contributed by atoms with Crippen molar-refractivity contribution in [1.29, 1.82) is 0 Å². The van der Waals surface area contributed by atoms with Crippen molar-refractivity contribution in [3.05, 3.63) is 47.3 Å². The summed E-state index contributed by atoms with van der Waals surface area (Å²) in [4.78, 5) is 13.1. The molecule has 2 rings (SSSR count). The van der Waals surface area contributed by atoms with Gasteiger partial charge in [-0.25, -0.2) is 0 Å². The highest BCUT2D eigenvalue weighted by atomic mass is 32.2. The Kier molecular flexibility index (Phi) is 4.27. The van der Waals surface area contributed by atoms with Gasteiger partial charge in [-0.3, -0.25) is 4.79 Å². The minimum atomic E-state index is -0.224. The number of carbonyl (C=O) groups excluding carboxylic acids is 1. The van der Waals surface area contributed by atoms with Gasteiger partial charge >= 0.3 is 0 Å². The van der Waals surface area contributed by atoms with E-state index in [1.807, 2.05) is 37.4 Å². The number of hydrogen-bond acceptors (Lipinski definition) is 4. The van der Waals surface area contributed by atoms with Gasteiger partial charge in [-0.05, 0) is 37.8 Å². The molecule has 0 spiro atoms. The van der Waals surface area contributed by atoms with Gasteiger partial charge in [0, 0.05) is 11.0 Å². The first-order chi connectivity index (χ1) is 9.10. The number of aryl methyl sites for hydroxylation is 1. The number of aromatic nitrogens is 1. The Morgan fingerprint density at radius 3 is 2.58 bits per heavy atom. The van der Waals surface area contributed by atoms with Crippen LogP contribution in [0, 0.1) is 6.92 Å². The molecule has 0 saturated heterocycles. The van der Waals surface area contributed by atoms with E-state index in [1.165, 1.54) is 4.90 Å². The summed E-state index contributed by atoms with van der Waals surface area (Å²) in [5, 5.41) is 6.59. The molecule has 1 amide bonds. The molecule has 1 atom stereocenters. The van der Waals surface area contributed by atoms with Crippen molar-refractivity contribution in [3.63, 3.8) is 0 Å². The van der Waals surface area contributed by atoms with Crippen molar-refractivity contribution >= 4 is 17.7 Å². The number of nitrogens with zero attached hydrogens (tertiary/aromatic N) is 1. The highest BCUT2D eigenvalue weighted by molar-refractivity contribution is 7.98. The maximum Gasteiger partial charge on any atom is 0.273 e. The largest absolute Gasteiger partial charge is 0.361 e. The van der Waals surface area contributed by atoms with Crippen molar-refractivity contribution in [1.82, 2.24) is 10.5 Å². The summed E-state index contributed by atoms with van der Waals surface area (Å²) in [7, 11) is 0. The van der Waals surface area contributed by atoms with Crippen LogP contribution in [-0.4, -0.2) is 17.3 Å². The van der Waals surface area contributed by atoms with Gasteiger partial charge in [0.1, 0.15) is 5.76 Å². The minimum absolute atomic E-state index is 0.0691. The SMILES string of the molecule is CSc1ccc([C@H](C)NC(=O)c2cc(C)on2)cc1. The van der Waals surface area contributed by atoms with E-state index in [1.54, 1.807) is 24.8 Å². The van der Waals surface area contributed by atoms with E-state index < -0.39 is 0 Å². The lowest BCUT2D eigenvalue weighted by Crippen LogP contribution is -2.26. The Labute approximate surface area is 116 Å². The molecular formula is C14H16N2O2S. The smallest absolute Gasteiger partial charge is 0.273 e. The fourth-order valence-electron chi connectivity index (χ4n) is 1.72. The topological polar surface area (TPSA) is 55.1 Å². The maximum absolute atomic E-state index is 11.9. The van der Waals surface area contributed by atoms with Crippen LogP contribution in [0.1, 0.15) is 34.8 Å². The first-order valence-electron chi connectivity index (χ1n) is 5.98. The molecule has 0 bridgehead atoms. The van der Waals surface area contributed by atoms with Crippen LogP contribution >= 0.6 is 11.8 Å². The molecule has 5 heteroatoms. The normalized spacial score (nSPS) is 12.2. The Hall–Kier alpha value is -1.75. The first kappa shape index (κ1) is 13.7. The molecular weight excluding hydrogens is 260 g/mol. The highest BCUT2D eigenvalue weighted by Gasteiger charge is 2.14. The van der Waals surface area contributed by atoms with E-state index in [9.17, 15) is 4.79 Å². The number of hydrogen-bond donors (Lipinski definition) is 1. The van der Waals surface area contributed by atoms with E-state index in [0.717, 1.165) is 5.56 Å². The third-order valence-corrected chi connectivity index (χ3v) is 3.57. The monoisotopic (exact) mass is 276 g/mol. The summed E-state index contributed by atoms with van der Waals surface area (Å²) in [6, 6.07) is 9.68. The van der Waals surface area contributed by atoms with Crippen LogP contribution in [0.5, 0.6) is 0 Å². The van der Waals surface area contributed by atoms with Crippen LogP contribution in [0.4, 0.5) is 0 Å². The summed E-state index contributed by atoms with van der Waals surface area (Å²) in [6.45, 7) is 3.70. The van der Waals surface area contributed by atoms with Crippen LogP contribution in [0.15, 0.2) is 39.8 Å². The van der Waals surface area contributed by atoms with Crippen LogP contribution < -0.4 is 5.32 Å². The molecule has 1 N–H and O–H groups in total. The third kappa shape index (κ3) is 3.38. The number of rotatable bonds is 4. The zero-order valence-electron chi connectivity index (χ0n) is 11.1. The highest BCUT2D eigenvalue weighted by Crippen LogP contribution is 2.19. The fourth-order valence-corrected chi connectivity index (χ4v) is 2.13. The Morgan fingerprint density at radius 2 is 2.05 bits per heavy atom. The Bertz CT molecular complexity index is 563. The van der Waals surface area contributed by atoms with Crippen molar-refractivity contribution in [3.8, 4) is 0 Å². The molecule has 4 nitrogen and oxygen atoms in total. The van der Waals surface area contributed by atoms with Crippen LogP contribution in [0.3, 0.4) is 0 Å². The zero-order chi connectivity index (χ0) is 13.8. The first-order valence-corrected chi connectivity index (χ1v) is 7.20. The number of amides is 1. The van der Waals surface area contributed by atoms with E-state index >= 15 is 0 Å². The average Bonchev–Trinajstić information content (AvgIpc) is 2.85. The van der Waals surface area contributed by atoms with Crippen LogP contribution in [0.2, 0.25) is 0 Å². The molecule has 19 heavy (non-hydrogen) atoms. The van der Waals surface area contributed by atoms with Gasteiger partial charge < -0.3 is 9.84 Å². The molecule has 1 aromatic carbocycles. The number of benzene rings is 1. The molecule has 2 aromatic rings. The van der Waals surface area contributed by atoms with E-state index in [0.29, 0.717) is 11.5 Å². The summed E-state index contributed by atoms with van der Waals surface area (Å²) in [5.74, 6) is 0.403. The van der Waals surface area contributed by atoms with Crippen molar-refractivity contribution < 1.29 is 9.32 Å². The van der Waals surface area contributed by atoms with E-state index in [-0.39, 0.29) is 11.9 Å². The molecule has 0 aliphatic rings. The lowest BCUT2D eigenvalue weighted by molar-refractivity contribution is 0.0930. The molecule has 1 aromatic heterocycles. The van der Waals surface area contributed by atoms with Gasteiger partial charge in [-0.15, -0.1) is 11.8 Å². The summed E-state index contributed by atoms with van der Waals surface area (Å²) < 4.78 is 4.89. The number of nitrogens with one attached hydrogen (secondary N) is 1. The molecule has 0 fully saturated rings. The number of thioether (sulfide) groups is 1. The lowest BCUT2D eigenvalue weighted by Gasteiger charge is -2.13. The van der Waals surface area contributed by atoms with Crippen molar-refractivity contribution in [2.45, 2.75) is 24.8 Å². The summed E-state index contributed by atoms with van der Waals surface area (Å²) in [5.41, 5.74) is 1.37. The van der Waals surface area contributed by atoms with E-state index in [2.05, 4.69) is 10.5 Å². The maximum atomic E-state index is 11.9. The molecule has 0 aliphatic heterocycles.